The SMILES string of the molecule is O=C(Nc1ccc(S(=O)(=O)c2ccc([N+](=O)[O-])cc2)cc1)c1ccc(CN2C(=O)CCC2=O)cc1. The number of likely N-dealkylation sites (tertiary alicyclic amines) is 1. The van der Waals surface area contributed by atoms with Crippen molar-refractivity contribution in [1.29, 1.82) is 0 Å². The molecule has 1 N–H and O–H groups in total. The summed E-state index contributed by atoms with van der Waals surface area (Å²) < 4.78 is 25.5. The Bertz CT molecular complexity index is 1400. The van der Waals surface area contributed by atoms with Crippen molar-refractivity contribution in [1.82, 2.24) is 4.90 Å². The zero-order chi connectivity index (χ0) is 25.2. The molecular formula is C24H19N3O7S. The summed E-state index contributed by atoms with van der Waals surface area (Å²) in [5.74, 6) is -0.845. The molecule has 1 fully saturated rings. The molecule has 3 aromatic carbocycles. The fourth-order valence-electron chi connectivity index (χ4n) is 3.55. The van der Waals surface area contributed by atoms with E-state index in [1.165, 1.54) is 41.3 Å². The zero-order valence-corrected chi connectivity index (χ0v) is 19.0. The molecule has 3 aromatic rings. The average molecular weight is 493 g/mol. The summed E-state index contributed by atoms with van der Waals surface area (Å²) in [7, 11) is -3.89. The first-order valence-corrected chi connectivity index (χ1v) is 12.0. The molecule has 0 aliphatic carbocycles. The van der Waals surface area contributed by atoms with Gasteiger partial charge in [0.2, 0.25) is 21.7 Å². The number of carbonyl (C=O) groups is 3. The van der Waals surface area contributed by atoms with Gasteiger partial charge in [-0.1, -0.05) is 12.1 Å². The summed E-state index contributed by atoms with van der Waals surface area (Å²) >= 11 is 0. The third-order valence-electron chi connectivity index (χ3n) is 5.49. The highest BCUT2D eigenvalue weighted by Crippen LogP contribution is 2.24. The minimum Gasteiger partial charge on any atom is -0.322 e. The van der Waals surface area contributed by atoms with E-state index in [0.29, 0.717) is 16.8 Å². The molecule has 0 saturated carbocycles. The lowest BCUT2D eigenvalue weighted by atomic mass is 10.1. The molecule has 3 amide bonds. The summed E-state index contributed by atoms with van der Waals surface area (Å²) in [5, 5.41) is 13.4. The zero-order valence-electron chi connectivity index (χ0n) is 18.2. The summed E-state index contributed by atoms with van der Waals surface area (Å²) in [6, 6.07) is 16.6. The third-order valence-corrected chi connectivity index (χ3v) is 7.28. The second-order valence-electron chi connectivity index (χ2n) is 7.80. The van der Waals surface area contributed by atoms with Gasteiger partial charge < -0.3 is 5.32 Å². The fraction of sp³-hybridized carbons (Fsp3) is 0.125. The van der Waals surface area contributed by atoms with Gasteiger partial charge in [0.1, 0.15) is 0 Å². The van der Waals surface area contributed by atoms with Crippen LogP contribution in [0.5, 0.6) is 0 Å². The lowest BCUT2D eigenvalue weighted by molar-refractivity contribution is -0.384. The first kappa shape index (κ1) is 23.8. The number of benzene rings is 3. The van der Waals surface area contributed by atoms with Crippen LogP contribution in [0, 0.1) is 10.1 Å². The Morgan fingerprint density at radius 1 is 0.857 bits per heavy atom. The van der Waals surface area contributed by atoms with E-state index < -0.39 is 20.7 Å². The number of sulfone groups is 1. The van der Waals surface area contributed by atoms with E-state index in [9.17, 15) is 32.9 Å². The number of carbonyl (C=O) groups excluding carboxylic acids is 3. The van der Waals surface area contributed by atoms with E-state index in [1.54, 1.807) is 24.3 Å². The first-order valence-electron chi connectivity index (χ1n) is 10.5. The Morgan fingerprint density at radius 3 is 1.89 bits per heavy atom. The van der Waals surface area contributed by atoms with Crippen LogP contribution in [0.15, 0.2) is 82.6 Å². The molecular weight excluding hydrogens is 474 g/mol. The van der Waals surface area contributed by atoms with E-state index in [1.807, 2.05) is 0 Å². The minimum atomic E-state index is -3.89. The Labute approximate surface area is 200 Å². The van der Waals surface area contributed by atoms with Gasteiger partial charge in [-0.25, -0.2) is 8.42 Å². The molecule has 1 saturated heterocycles. The topological polar surface area (TPSA) is 144 Å². The van der Waals surface area contributed by atoms with Gasteiger partial charge in [-0.05, 0) is 54.1 Å². The van der Waals surface area contributed by atoms with Crippen LogP contribution in [-0.4, -0.2) is 36.0 Å². The molecule has 0 spiro atoms. The lowest BCUT2D eigenvalue weighted by Crippen LogP contribution is -2.28. The monoisotopic (exact) mass is 493 g/mol. The number of imide groups is 1. The highest BCUT2D eigenvalue weighted by Gasteiger charge is 2.28. The van der Waals surface area contributed by atoms with Gasteiger partial charge in [-0.3, -0.25) is 29.4 Å². The molecule has 35 heavy (non-hydrogen) atoms. The van der Waals surface area contributed by atoms with E-state index in [0.717, 1.165) is 12.1 Å². The first-order chi connectivity index (χ1) is 16.6. The summed E-state index contributed by atoms with van der Waals surface area (Å²) in [6.45, 7) is 0.157. The van der Waals surface area contributed by atoms with Crippen LogP contribution in [0.2, 0.25) is 0 Å². The average Bonchev–Trinajstić information content (AvgIpc) is 3.17. The van der Waals surface area contributed by atoms with Gasteiger partial charge in [0.05, 0.1) is 21.3 Å². The predicted octanol–water partition coefficient (Wildman–Crippen LogP) is 3.33. The van der Waals surface area contributed by atoms with Crippen molar-refractivity contribution in [2.45, 2.75) is 29.2 Å². The molecule has 0 unspecified atom stereocenters. The Kier molecular flexibility index (Phi) is 6.43. The van der Waals surface area contributed by atoms with Gasteiger partial charge in [0.25, 0.3) is 11.6 Å². The molecule has 11 heteroatoms. The molecule has 10 nitrogen and oxygen atoms in total. The molecule has 4 rings (SSSR count). The van der Waals surface area contributed by atoms with Crippen LogP contribution in [0.4, 0.5) is 11.4 Å². The van der Waals surface area contributed by atoms with Crippen molar-refractivity contribution in [3.8, 4) is 0 Å². The second-order valence-corrected chi connectivity index (χ2v) is 9.75. The highest BCUT2D eigenvalue weighted by molar-refractivity contribution is 7.91. The molecule has 0 atom stereocenters. The van der Waals surface area contributed by atoms with Crippen LogP contribution < -0.4 is 5.32 Å². The summed E-state index contributed by atoms with van der Waals surface area (Å²) in [6.07, 6.45) is 0.431. The van der Waals surface area contributed by atoms with E-state index in [2.05, 4.69) is 5.32 Å². The van der Waals surface area contributed by atoms with Gasteiger partial charge in [-0.15, -0.1) is 0 Å². The number of nitrogens with zero attached hydrogens (tertiary/aromatic N) is 2. The van der Waals surface area contributed by atoms with Crippen molar-refractivity contribution in [2.24, 2.45) is 0 Å². The minimum absolute atomic E-state index is 0.0280. The van der Waals surface area contributed by atoms with E-state index in [-0.39, 0.29) is 46.7 Å². The van der Waals surface area contributed by atoms with E-state index >= 15 is 0 Å². The quantitative estimate of drug-likeness (QED) is 0.302. The molecule has 0 aromatic heterocycles. The number of hydrogen-bond donors (Lipinski definition) is 1. The van der Waals surface area contributed by atoms with Crippen LogP contribution >= 0.6 is 0 Å². The second kappa shape index (κ2) is 9.47. The van der Waals surface area contributed by atoms with Crippen molar-refractivity contribution in [2.75, 3.05) is 5.32 Å². The lowest BCUT2D eigenvalue weighted by Gasteiger charge is -2.14. The molecule has 1 aliphatic rings. The summed E-state index contributed by atoms with van der Waals surface area (Å²) in [5.41, 5.74) is 1.21. The van der Waals surface area contributed by atoms with Crippen molar-refractivity contribution >= 4 is 38.9 Å². The van der Waals surface area contributed by atoms with Gasteiger partial charge >= 0.3 is 0 Å². The molecule has 0 radical (unpaired) electrons. The maximum absolute atomic E-state index is 12.8. The Balaban J connectivity index is 1.41. The number of nitrogens with one attached hydrogen (secondary N) is 1. The van der Waals surface area contributed by atoms with Gasteiger partial charge in [-0.2, -0.15) is 0 Å². The highest BCUT2D eigenvalue weighted by atomic mass is 32.2. The number of anilines is 1. The van der Waals surface area contributed by atoms with Crippen molar-refractivity contribution in [3.63, 3.8) is 0 Å². The van der Waals surface area contributed by atoms with Gasteiger partial charge in [0, 0.05) is 36.2 Å². The van der Waals surface area contributed by atoms with Crippen LogP contribution in [-0.2, 0) is 26.0 Å². The van der Waals surface area contributed by atoms with Gasteiger partial charge in [0.15, 0.2) is 0 Å². The maximum atomic E-state index is 12.8. The number of nitro groups is 1. The molecule has 0 bridgehead atoms. The van der Waals surface area contributed by atoms with Crippen molar-refractivity contribution in [3.05, 3.63) is 94.0 Å². The molecule has 1 aliphatic heterocycles. The maximum Gasteiger partial charge on any atom is 0.269 e. The van der Waals surface area contributed by atoms with E-state index in [4.69, 9.17) is 0 Å². The number of amides is 3. The normalized spacial score (nSPS) is 13.7. The number of hydrogen-bond acceptors (Lipinski definition) is 7. The Hall–Kier alpha value is -4.38. The van der Waals surface area contributed by atoms with Crippen LogP contribution in [0.25, 0.3) is 0 Å². The van der Waals surface area contributed by atoms with Crippen LogP contribution in [0.3, 0.4) is 0 Å². The standard InChI is InChI=1S/C24H19N3O7S/c28-22-13-14-23(29)26(22)15-16-1-3-17(4-2-16)24(30)25-18-5-9-20(10-6-18)35(33,34)21-11-7-19(8-12-21)27(31)32/h1-12H,13-15H2,(H,25,30). The smallest absolute Gasteiger partial charge is 0.269 e. The number of non-ortho nitro benzene ring substituents is 1. The Morgan fingerprint density at radius 2 is 1.37 bits per heavy atom. The molecule has 1 heterocycles. The number of rotatable bonds is 7. The predicted molar refractivity (Wildman–Crippen MR) is 124 cm³/mol. The third kappa shape index (κ3) is 5.09. The fourth-order valence-corrected chi connectivity index (χ4v) is 4.81. The largest absolute Gasteiger partial charge is 0.322 e. The van der Waals surface area contributed by atoms with Crippen LogP contribution in [0.1, 0.15) is 28.8 Å². The summed E-state index contributed by atoms with van der Waals surface area (Å²) in [4.78, 5) is 47.3. The molecule has 178 valence electrons. The van der Waals surface area contributed by atoms with Crippen molar-refractivity contribution < 1.29 is 27.7 Å². The number of nitro benzene ring substituents is 1.